The first-order valence-electron chi connectivity index (χ1n) is 7.59. The molecule has 1 aliphatic rings. The van der Waals surface area contributed by atoms with Crippen LogP contribution in [0, 0.1) is 0 Å². The molecule has 2 N–H and O–H groups in total. The van der Waals surface area contributed by atoms with Gasteiger partial charge in [-0.05, 0) is 42.7 Å². The van der Waals surface area contributed by atoms with E-state index in [4.69, 9.17) is 9.47 Å². The van der Waals surface area contributed by atoms with Crippen molar-refractivity contribution in [1.82, 2.24) is 5.32 Å². The highest BCUT2D eigenvalue weighted by molar-refractivity contribution is 5.76. The van der Waals surface area contributed by atoms with Crippen molar-refractivity contribution in [2.45, 2.75) is 25.8 Å². The number of phenolic OH excluding ortho intramolecular Hbond substituents is 1. The number of aromatic hydroxyl groups is 1. The molecular formula is C18H19NO4. The molecule has 2 aromatic rings. The van der Waals surface area contributed by atoms with Crippen molar-refractivity contribution >= 4 is 5.91 Å². The fourth-order valence-electron chi connectivity index (χ4n) is 2.55. The van der Waals surface area contributed by atoms with Crippen LogP contribution in [-0.4, -0.2) is 17.8 Å². The first-order valence-corrected chi connectivity index (χ1v) is 7.59. The van der Waals surface area contributed by atoms with Crippen molar-refractivity contribution in [3.8, 4) is 17.2 Å². The van der Waals surface area contributed by atoms with E-state index in [-0.39, 0.29) is 24.5 Å². The lowest BCUT2D eigenvalue weighted by molar-refractivity contribution is -0.121. The lowest BCUT2D eigenvalue weighted by Gasteiger charge is -2.15. The van der Waals surface area contributed by atoms with Gasteiger partial charge in [0.15, 0.2) is 11.5 Å². The fourth-order valence-corrected chi connectivity index (χ4v) is 2.55. The van der Waals surface area contributed by atoms with E-state index in [9.17, 15) is 9.90 Å². The van der Waals surface area contributed by atoms with Crippen molar-refractivity contribution in [2.24, 2.45) is 0 Å². The molecule has 1 amide bonds. The number of aryl methyl sites for hydroxylation is 1. The topological polar surface area (TPSA) is 67.8 Å². The van der Waals surface area contributed by atoms with Crippen molar-refractivity contribution in [3.05, 3.63) is 53.6 Å². The Morgan fingerprint density at radius 1 is 1.22 bits per heavy atom. The number of para-hydroxylation sites is 1. The Balaban J connectivity index is 1.56. The normalized spacial score (nSPS) is 13.6. The zero-order valence-corrected chi connectivity index (χ0v) is 12.9. The molecule has 0 spiro atoms. The maximum absolute atomic E-state index is 12.1. The van der Waals surface area contributed by atoms with Gasteiger partial charge in [0.05, 0.1) is 6.04 Å². The van der Waals surface area contributed by atoms with Crippen LogP contribution in [0.5, 0.6) is 17.2 Å². The maximum Gasteiger partial charge on any atom is 0.231 e. The van der Waals surface area contributed by atoms with Crippen LogP contribution < -0.4 is 14.8 Å². The van der Waals surface area contributed by atoms with Gasteiger partial charge in [-0.15, -0.1) is 0 Å². The van der Waals surface area contributed by atoms with Crippen molar-refractivity contribution in [2.75, 3.05) is 6.79 Å². The van der Waals surface area contributed by atoms with E-state index in [1.165, 1.54) is 0 Å². The summed E-state index contributed by atoms with van der Waals surface area (Å²) in [6.07, 6.45) is 0.832. The van der Waals surface area contributed by atoms with Crippen molar-refractivity contribution in [1.29, 1.82) is 0 Å². The molecule has 120 valence electrons. The Morgan fingerprint density at radius 2 is 2.00 bits per heavy atom. The minimum absolute atomic E-state index is 0.0570. The van der Waals surface area contributed by atoms with E-state index in [0.29, 0.717) is 18.6 Å². The summed E-state index contributed by atoms with van der Waals surface area (Å²) < 4.78 is 10.6. The zero-order chi connectivity index (χ0) is 16.2. The predicted octanol–water partition coefficient (Wildman–Crippen LogP) is 2.93. The number of amides is 1. The van der Waals surface area contributed by atoms with Crippen LogP contribution >= 0.6 is 0 Å². The second kappa shape index (κ2) is 6.60. The molecule has 0 saturated carbocycles. The molecule has 0 radical (unpaired) electrons. The summed E-state index contributed by atoms with van der Waals surface area (Å²) in [5.41, 5.74) is 1.74. The van der Waals surface area contributed by atoms with Crippen LogP contribution in [0.3, 0.4) is 0 Å². The Bertz CT molecular complexity index is 714. The standard InChI is InChI=1S/C18H19NO4/c1-12(14-6-8-16-17(10-14)23-11-22-16)19-18(21)9-7-13-4-2-3-5-15(13)20/h2-6,8,10,12,20H,7,9,11H2,1H3,(H,19,21). The third-order valence-electron chi connectivity index (χ3n) is 3.89. The van der Waals surface area contributed by atoms with Crippen LogP contribution in [-0.2, 0) is 11.2 Å². The molecule has 0 bridgehead atoms. The fraction of sp³-hybridized carbons (Fsp3) is 0.278. The Kier molecular flexibility index (Phi) is 4.37. The maximum atomic E-state index is 12.1. The number of rotatable bonds is 5. The predicted molar refractivity (Wildman–Crippen MR) is 85.6 cm³/mol. The average molecular weight is 313 g/mol. The summed E-state index contributed by atoms with van der Waals surface area (Å²) >= 11 is 0. The number of fused-ring (bicyclic) bond motifs is 1. The first kappa shape index (κ1) is 15.2. The van der Waals surface area contributed by atoms with E-state index >= 15 is 0 Å². The van der Waals surface area contributed by atoms with E-state index in [0.717, 1.165) is 16.9 Å². The van der Waals surface area contributed by atoms with Crippen LogP contribution in [0.4, 0.5) is 0 Å². The van der Waals surface area contributed by atoms with Crippen LogP contribution in [0.1, 0.15) is 30.5 Å². The number of hydrogen-bond acceptors (Lipinski definition) is 4. The molecule has 5 heteroatoms. The summed E-state index contributed by atoms with van der Waals surface area (Å²) in [6, 6.07) is 12.6. The quantitative estimate of drug-likeness (QED) is 0.890. The van der Waals surface area contributed by atoms with Gasteiger partial charge >= 0.3 is 0 Å². The summed E-state index contributed by atoms with van der Waals surface area (Å²) in [7, 11) is 0. The number of carbonyl (C=O) groups is 1. The molecule has 0 fully saturated rings. The number of nitrogens with one attached hydrogen (secondary N) is 1. The molecule has 0 aromatic heterocycles. The molecular weight excluding hydrogens is 294 g/mol. The smallest absolute Gasteiger partial charge is 0.231 e. The number of ether oxygens (including phenoxy) is 2. The van der Waals surface area contributed by atoms with Gasteiger partial charge in [0.2, 0.25) is 12.7 Å². The van der Waals surface area contributed by atoms with Crippen LogP contribution in [0.2, 0.25) is 0 Å². The molecule has 1 unspecified atom stereocenters. The zero-order valence-electron chi connectivity index (χ0n) is 12.9. The number of carbonyl (C=O) groups excluding carboxylic acids is 1. The van der Waals surface area contributed by atoms with Gasteiger partial charge in [0.1, 0.15) is 5.75 Å². The van der Waals surface area contributed by atoms with Gasteiger partial charge in [0.25, 0.3) is 0 Å². The molecule has 1 atom stereocenters. The monoisotopic (exact) mass is 313 g/mol. The van der Waals surface area contributed by atoms with Gasteiger partial charge in [-0.2, -0.15) is 0 Å². The van der Waals surface area contributed by atoms with E-state index in [1.807, 2.05) is 37.3 Å². The number of hydrogen-bond donors (Lipinski definition) is 2. The van der Waals surface area contributed by atoms with Gasteiger partial charge in [-0.25, -0.2) is 0 Å². The molecule has 0 saturated heterocycles. The second-order valence-corrected chi connectivity index (χ2v) is 5.53. The third kappa shape index (κ3) is 3.56. The average Bonchev–Trinajstić information content (AvgIpc) is 3.01. The van der Waals surface area contributed by atoms with Gasteiger partial charge in [-0.1, -0.05) is 24.3 Å². The van der Waals surface area contributed by atoms with Gasteiger partial charge in [-0.3, -0.25) is 4.79 Å². The largest absolute Gasteiger partial charge is 0.508 e. The Labute approximate surface area is 134 Å². The van der Waals surface area contributed by atoms with Gasteiger partial charge < -0.3 is 19.9 Å². The van der Waals surface area contributed by atoms with E-state index in [2.05, 4.69) is 5.32 Å². The lowest BCUT2D eigenvalue weighted by atomic mass is 10.1. The molecule has 3 rings (SSSR count). The second-order valence-electron chi connectivity index (χ2n) is 5.53. The molecule has 2 aromatic carbocycles. The van der Waals surface area contributed by atoms with Crippen molar-refractivity contribution < 1.29 is 19.4 Å². The molecule has 1 aliphatic heterocycles. The number of benzene rings is 2. The van der Waals surface area contributed by atoms with E-state index in [1.54, 1.807) is 12.1 Å². The Hall–Kier alpha value is -2.69. The molecule has 23 heavy (non-hydrogen) atoms. The van der Waals surface area contributed by atoms with Crippen molar-refractivity contribution in [3.63, 3.8) is 0 Å². The SMILES string of the molecule is CC(NC(=O)CCc1ccccc1O)c1ccc2c(c1)OCO2. The van der Waals surface area contributed by atoms with Gasteiger partial charge in [0, 0.05) is 6.42 Å². The third-order valence-corrected chi connectivity index (χ3v) is 3.89. The molecule has 1 heterocycles. The highest BCUT2D eigenvalue weighted by Crippen LogP contribution is 2.34. The molecule has 5 nitrogen and oxygen atoms in total. The summed E-state index contributed by atoms with van der Waals surface area (Å²) in [5, 5.41) is 12.7. The Morgan fingerprint density at radius 3 is 2.83 bits per heavy atom. The molecule has 0 aliphatic carbocycles. The highest BCUT2D eigenvalue weighted by atomic mass is 16.7. The number of phenols is 1. The minimum Gasteiger partial charge on any atom is -0.508 e. The minimum atomic E-state index is -0.124. The lowest BCUT2D eigenvalue weighted by Crippen LogP contribution is -2.26. The summed E-state index contributed by atoms with van der Waals surface area (Å²) in [5.74, 6) is 1.60. The van der Waals surface area contributed by atoms with E-state index < -0.39 is 0 Å². The van der Waals surface area contributed by atoms with Crippen LogP contribution in [0.15, 0.2) is 42.5 Å². The van der Waals surface area contributed by atoms with Crippen LogP contribution in [0.25, 0.3) is 0 Å². The first-order chi connectivity index (χ1) is 11.1. The highest BCUT2D eigenvalue weighted by Gasteiger charge is 2.17. The summed E-state index contributed by atoms with van der Waals surface area (Å²) in [4.78, 5) is 12.1. The summed E-state index contributed by atoms with van der Waals surface area (Å²) in [6.45, 7) is 2.16.